The minimum Gasteiger partial charge on any atom is -0.349 e. The lowest BCUT2D eigenvalue weighted by Crippen LogP contribution is -2.37. The quantitative estimate of drug-likeness (QED) is 0.739. The van der Waals surface area contributed by atoms with Crippen molar-refractivity contribution in [2.45, 2.75) is 52.6 Å². The van der Waals surface area contributed by atoms with Crippen molar-refractivity contribution in [2.75, 3.05) is 0 Å². The lowest BCUT2D eigenvalue weighted by Gasteiger charge is -2.36. The summed E-state index contributed by atoms with van der Waals surface area (Å²) in [6, 6.07) is 10.2. The Morgan fingerprint density at radius 3 is 2.79 bits per heavy atom. The van der Waals surface area contributed by atoms with Crippen LogP contribution in [-0.4, -0.2) is 25.2 Å². The summed E-state index contributed by atoms with van der Waals surface area (Å²) in [7, 11) is 0. The molecule has 4 rings (SSSR count). The number of nitrogens with zero attached hydrogens (tertiary/aromatic N) is 4. The Kier molecular flexibility index (Phi) is 4.79. The summed E-state index contributed by atoms with van der Waals surface area (Å²) >= 11 is 0. The van der Waals surface area contributed by atoms with Crippen LogP contribution in [0.15, 0.2) is 48.9 Å². The van der Waals surface area contributed by atoms with Crippen LogP contribution in [0.2, 0.25) is 0 Å². The summed E-state index contributed by atoms with van der Waals surface area (Å²) in [4.78, 5) is 16.9. The highest BCUT2D eigenvalue weighted by atomic mass is 16.1. The molecule has 0 saturated heterocycles. The molecule has 1 aliphatic rings. The molecule has 0 unspecified atom stereocenters. The van der Waals surface area contributed by atoms with E-state index in [2.05, 4.69) is 41.4 Å². The molecule has 0 spiro atoms. The van der Waals surface area contributed by atoms with E-state index in [0.29, 0.717) is 13.0 Å². The summed E-state index contributed by atoms with van der Waals surface area (Å²) in [5, 5.41) is 7.89. The van der Waals surface area contributed by atoms with E-state index in [1.807, 2.05) is 46.8 Å². The van der Waals surface area contributed by atoms with Crippen LogP contribution in [0.4, 0.5) is 0 Å². The van der Waals surface area contributed by atoms with Gasteiger partial charge in [-0.15, -0.1) is 0 Å². The molecule has 0 aliphatic heterocycles. The first-order chi connectivity index (χ1) is 13.4. The standard InChI is InChI=1S/C22H27N5O/c1-16-23-10-12-26(16)11-9-21(28)25-19-13-22(2,3)14-20-18(19)15-24-27(20)17-7-5-4-6-8-17/h4-8,10,12,15,19H,9,11,13-14H2,1-3H3,(H,25,28)/t19-/m0/s1. The van der Waals surface area contributed by atoms with Crippen LogP contribution in [-0.2, 0) is 17.8 Å². The molecule has 0 radical (unpaired) electrons. The number of imidazole rings is 1. The number of benzene rings is 1. The maximum Gasteiger partial charge on any atom is 0.222 e. The van der Waals surface area contributed by atoms with E-state index < -0.39 is 0 Å². The predicted molar refractivity (Wildman–Crippen MR) is 108 cm³/mol. The molecule has 1 aromatic carbocycles. The first-order valence-electron chi connectivity index (χ1n) is 9.82. The second-order valence-corrected chi connectivity index (χ2v) is 8.38. The molecule has 0 bridgehead atoms. The van der Waals surface area contributed by atoms with Crippen LogP contribution >= 0.6 is 0 Å². The SMILES string of the molecule is Cc1nccn1CCC(=O)N[C@H]1CC(C)(C)Cc2c1cnn2-c1ccccc1. The number of hydrogen-bond donors (Lipinski definition) is 1. The summed E-state index contributed by atoms with van der Waals surface area (Å²) in [6.07, 6.45) is 7.89. The average Bonchev–Trinajstić information content (AvgIpc) is 3.26. The largest absolute Gasteiger partial charge is 0.349 e. The molecule has 6 heteroatoms. The Morgan fingerprint density at radius 1 is 1.29 bits per heavy atom. The van der Waals surface area contributed by atoms with Crippen LogP contribution < -0.4 is 5.32 Å². The average molecular weight is 377 g/mol. The molecule has 2 heterocycles. The number of aromatic nitrogens is 4. The molecule has 0 fully saturated rings. The highest BCUT2D eigenvalue weighted by Crippen LogP contribution is 2.41. The molecular formula is C22H27N5O. The fraction of sp³-hybridized carbons (Fsp3) is 0.409. The Hall–Kier alpha value is -2.89. The number of carbonyl (C=O) groups is 1. The van der Waals surface area contributed by atoms with Gasteiger partial charge in [0.05, 0.1) is 23.6 Å². The Bertz CT molecular complexity index is 970. The van der Waals surface area contributed by atoms with E-state index in [4.69, 9.17) is 0 Å². The van der Waals surface area contributed by atoms with Crippen LogP contribution in [0.25, 0.3) is 5.69 Å². The number of rotatable bonds is 5. The van der Waals surface area contributed by atoms with Crippen LogP contribution in [0.1, 0.15) is 49.8 Å². The number of amides is 1. The van der Waals surface area contributed by atoms with E-state index in [1.54, 1.807) is 6.20 Å². The van der Waals surface area contributed by atoms with E-state index in [-0.39, 0.29) is 17.4 Å². The van der Waals surface area contributed by atoms with Crippen molar-refractivity contribution < 1.29 is 4.79 Å². The van der Waals surface area contributed by atoms with E-state index in [9.17, 15) is 4.79 Å². The summed E-state index contributed by atoms with van der Waals surface area (Å²) in [6.45, 7) is 7.11. The van der Waals surface area contributed by atoms with Gasteiger partial charge >= 0.3 is 0 Å². The topological polar surface area (TPSA) is 64.7 Å². The van der Waals surface area contributed by atoms with Crippen molar-refractivity contribution in [3.8, 4) is 5.69 Å². The molecular weight excluding hydrogens is 350 g/mol. The molecule has 3 aromatic rings. The molecule has 2 aromatic heterocycles. The molecule has 1 amide bonds. The monoisotopic (exact) mass is 377 g/mol. The second-order valence-electron chi connectivity index (χ2n) is 8.38. The molecule has 0 saturated carbocycles. The van der Waals surface area contributed by atoms with Gasteiger partial charge in [0.15, 0.2) is 0 Å². The van der Waals surface area contributed by atoms with E-state index in [0.717, 1.165) is 29.9 Å². The van der Waals surface area contributed by atoms with Gasteiger partial charge in [-0.25, -0.2) is 9.67 Å². The first-order valence-corrected chi connectivity index (χ1v) is 9.82. The number of para-hydroxylation sites is 1. The first kappa shape index (κ1) is 18.5. The third-order valence-corrected chi connectivity index (χ3v) is 5.52. The van der Waals surface area contributed by atoms with Crippen LogP contribution in [0.3, 0.4) is 0 Å². The summed E-state index contributed by atoms with van der Waals surface area (Å²) < 4.78 is 4.02. The fourth-order valence-electron chi connectivity index (χ4n) is 4.09. The zero-order valence-corrected chi connectivity index (χ0v) is 16.7. The van der Waals surface area contributed by atoms with E-state index in [1.165, 1.54) is 5.69 Å². The molecule has 146 valence electrons. The third kappa shape index (κ3) is 3.72. The van der Waals surface area contributed by atoms with Crippen molar-refractivity contribution in [3.05, 3.63) is 66.0 Å². The molecule has 1 atom stereocenters. The van der Waals surface area contributed by atoms with Gasteiger partial charge in [-0.05, 0) is 37.3 Å². The van der Waals surface area contributed by atoms with Crippen LogP contribution in [0.5, 0.6) is 0 Å². The van der Waals surface area contributed by atoms with Gasteiger partial charge in [-0.1, -0.05) is 32.0 Å². The van der Waals surface area contributed by atoms with Crippen molar-refractivity contribution >= 4 is 5.91 Å². The zero-order chi connectivity index (χ0) is 19.7. The predicted octanol–water partition coefficient (Wildman–Crippen LogP) is 3.60. The smallest absolute Gasteiger partial charge is 0.222 e. The van der Waals surface area contributed by atoms with E-state index >= 15 is 0 Å². The van der Waals surface area contributed by atoms with Gasteiger partial charge in [-0.2, -0.15) is 5.10 Å². The number of carbonyl (C=O) groups excluding carboxylic acids is 1. The third-order valence-electron chi connectivity index (χ3n) is 5.52. The minimum absolute atomic E-state index is 0.00686. The van der Waals surface area contributed by atoms with Gasteiger partial charge in [0.1, 0.15) is 5.82 Å². The second kappa shape index (κ2) is 7.26. The van der Waals surface area contributed by atoms with Crippen molar-refractivity contribution in [1.29, 1.82) is 0 Å². The van der Waals surface area contributed by atoms with Crippen molar-refractivity contribution in [1.82, 2.24) is 24.6 Å². The van der Waals surface area contributed by atoms with Gasteiger partial charge in [0, 0.05) is 30.9 Å². The molecule has 1 N–H and O–H groups in total. The molecule has 6 nitrogen and oxygen atoms in total. The van der Waals surface area contributed by atoms with Crippen LogP contribution in [0, 0.1) is 12.3 Å². The number of nitrogens with one attached hydrogen (secondary N) is 1. The number of fused-ring (bicyclic) bond motifs is 1. The zero-order valence-electron chi connectivity index (χ0n) is 16.7. The lowest BCUT2D eigenvalue weighted by atomic mass is 9.74. The lowest BCUT2D eigenvalue weighted by molar-refractivity contribution is -0.122. The summed E-state index contributed by atoms with van der Waals surface area (Å²) in [5.74, 6) is 0.993. The highest BCUT2D eigenvalue weighted by molar-refractivity contribution is 5.76. The number of hydrogen-bond acceptors (Lipinski definition) is 3. The Balaban J connectivity index is 1.53. The highest BCUT2D eigenvalue weighted by Gasteiger charge is 2.35. The Morgan fingerprint density at radius 2 is 2.07 bits per heavy atom. The van der Waals surface area contributed by atoms with Crippen molar-refractivity contribution in [2.24, 2.45) is 5.41 Å². The summed E-state index contributed by atoms with van der Waals surface area (Å²) in [5.41, 5.74) is 3.48. The molecule has 1 aliphatic carbocycles. The molecule has 28 heavy (non-hydrogen) atoms. The van der Waals surface area contributed by atoms with Gasteiger partial charge in [0.2, 0.25) is 5.91 Å². The van der Waals surface area contributed by atoms with Gasteiger partial charge in [-0.3, -0.25) is 4.79 Å². The fourth-order valence-corrected chi connectivity index (χ4v) is 4.09. The maximum absolute atomic E-state index is 12.6. The number of aryl methyl sites for hydroxylation is 2. The normalized spacial score (nSPS) is 17.9. The maximum atomic E-state index is 12.6. The Labute approximate surface area is 165 Å². The van der Waals surface area contributed by atoms with Crippen molar-refractivity contribution in [3.63, 3.8) is 0 Å². The van der Waals surface area contributed by atoms with Gasteiger partial charge in [0.25, 0.3) is 0 Å². The minimum atomic E-state index is -0.00686. The van der Waals surface area contributed by atoms with Gasteiger partial charge < -0.3 is 9.88 Å².